The average Bonchev–Trinajstić information content (AvgIpc) is 2.88. The van der Waals surface area contributed by atoms with E-state index < -0.39 is 0 Å². The van der Waals surface area contributed by atoms with Crippen LogP contribution < -0.4 is 0 Å². The summed E-state index contributed by atoms with van der Waals surface area (Å²) in [6.45, 7) is 2.47. The van der Waals surface area contributed by atoms with Gasteiger partial charge in [-0.25, -0.2) is 0 Å². The predicted molar refractivity (Wildman–Crippen MR) is 131 cm³/mol. The van der Waals surface area contributed by atoms with Crippen molar-refractivity contribution < 1.29 is 19.1 Å². The Bertz CT molecular complexity index is 924. The van der Waals surface area contributed by atoms with Crippen LogP contribution in [0.3, 0.4) is 0 Å². The van der Waals surface area contributed by atoms with Crippen LogP contribution in [0.2, 0.25) is 0 Å². The Morgan fingerprint density at radius 3 is 1.74 bits per heavy atom. The van der Waals surface area contributed by atoms with Crippen molar-refractivity contribution in [1.82, 2.24) is 9.80 Å². The van der Waals surface area contributed by atoms with E-state index >= 15 is 0 Å². The summed E-state index contributed by atoms with van der Waals surface area (Å²) in [5, 5.41) is 0. The van der Waals surface area contributed by atoms with Gasteiger partial charge in [0.05, 0.1) is 6.54 Å². The zero-order valence-corrected chi connectivity index (χ0v) is 20.1. The molecular formula is C28H34N2O4. The number of likely N-dealkylation sites (tertiary alicyclic amines) is 1. The summed E-state index contributed by atoms with van der Waals surface area (Å²) in [5.41, 5.74) is 1.33. The molecule has 2 aromatic carbocycles. The first-order chi connectivity index (χ1) is 16.5. The van der Waals surface area contributed by atoms with Gasteiger partial charge in [-0.2, -0.15) is 0 Å². The number of benzene rings is 2. The highest BCUT2D eigenvalue weighted by atomic mass is 16.5. The van der Waals surface area contributed by atoms with E-state index in [1.165, 1.54) is 0 Å². The number of carbonyl (C=O) groups is 3. The first-order valence-corrected chi connectivity index (χ1v) is 12.1. The molecule has 6 nitrogen and oxygen atoms in total. The molecule has 0 aliphatic carbocycles. The Morgan fingerprint density at radius 1 is 0.824 bits per heavy atom. The lowest BCUT2D eigenvalue weighted by atomic mass is 9.64. The van der Waals surface area contributed by atoms with Crippen LogP contribution in [0.25, 0.3) is 0 Å². The first-order valence-electron chi connectivity index (χ1n) is 12.1. The molecule has 2 heterocycles. The molecule has 4 rings (SSSR count). The summed E-state index contributed by atoms with van der Waals surface area (Å²) in [5.74, 6) is -0.471. The third kappa shape index (κ3) is 5.45. The number of ether oxygens (including phenoxy) is 1. The van der Waals surface area contributed by atoms with Crippen LogP contribution in [0.15, 0.2) is 60.7 Å². The molecule has 2 aliphatic rings. The topological polar surface area (TPSA) is 66.9 Å². The lowest BCUT2D eigenvalue weighted by Crippen LogP contribution is -2.55. The van der Waals surface area contributed by atoms with Crippen LogP contribution in [0, 0.1) is 23.7 Å². The Hall–Kier alpha value is -2.83. The SMILES string of the molecule is CN(C)C(=O)CN1C[C@H](C(=O)c2ccccc2)C(C2CCOCC2)[C@H](C(=O)c2ccccc2)C1. The van der Waals surface area contributed by atoms with Crippen LogP contribution in [-0.2, 0) is 9.53 Å². The lowest BCUT2D eigenvalue weighted by Gasteiger charge is -2.46. The van der Waals surface area contributed by atoms with Gasteiger partial charge in [0.25, 0.3) is 0 Å². The van der Waals surface area contributed by atoms with Gasteiger partial charge in [0.2, 0.25) is 5.91 Å². The highest BCUT2D eigenvalue weighted by Crippen LogP contribution is 2.42. The van der Waals surface area contributed by atoms with Crippen molar-refractivity contribution in [3.05, 3.63) is 71.8 Å². The number of piperidine rings is 1. The maximum Gasteiger partial charge on any atom is 0.236 e. The summed E-state index contributed by atoms with van der Waals surface area (Å²) in [6, 6.07) is 18.7. The third-order valence-corrected chi connectivity index (χ3v) is 7.30. The van der Waals surface area contributed by atoms with Crippen molar-refractivity contribution in [1.29, 1.82) is 0 Å². The minimum atomic E-state index is -0.355. The number of amides is 1. The number of nitrogens with zero attached hydrogens (tertiary/aromatic N) is 2. The van der Waals surface area contributed by atoms with Crippen molar-refractivity contribution >= 4 is 17.5 Å². The molecule has 6 heteroatoms. The lowest BCUT2D eigenvalue weighted by molar-refractivity contribution is -0.131. The van der Waals surface area contributed by atoms with Gasteiger partial charge in [0, 0.05) is 63.4 Å². The molecule has 0 radical (unpaired) electrons. The summed E-state index contributed by atoms with van der Waals surface area (Å²) in [6.07, 6.45) is 1.69. The number of rotatable bonds is 7. The summed E-state index contributed by atoms with van der Waals surface area (Å²) < 4.78 is 5.62. The molecule has 180 valence electrons. The van der Waals surface area contributed by atoms with Gasteiger partial charge in [-0.15, -0.1) is 0 Å². The fourth-order valence-electron chi connectivity index (χ4n) is 5.52. The molecule has 1 amide bonds. The average molecular weight is 463 g/mol. The van der Waals surface area contributed by atoms with E-state index in [2.05, 4.69) is 0 Å². The van der Waals surface area contributed by atoms with Crippen molar-refractivity contribution in [3.63, 3.8) is 0 Å². The molecule has 0 bridgehead atoms. The summed E-state index contributed by atoms with van der Waals surface area (Å²) >= 11 is 0. The third-order valence-electron chi connectivity index (χ3n) is 7.30. The minimum absolute atomic E-state index is 0.0265. The van der Waals surface area contributed by atoms with E-state index in [1.54, 1.807) is 19.0 Å². The molecule has 0 spiro atoms. The molecule has 0 N–H and O–H groups in total. The molecule has 2 aliphatic heterocycles. The van der Waals surface area contributed by atoms with Gasteiger partial charge >= 0.3 is 0 Å². The van der Waals surface area contributed by atoms with Crippen LogP contribution in [-0.4, -0.2) is 74.2 Å². The molecule has 2 fully saturated rings. The zero-order chi connectivity index (χ0) is 24.1. The number of likely N-dealkylation sites (N-methyl/N-ethyl adjacent to an activating group) is 1. The van der Waals surface area contributed by atoms with Crippen molar-refractivity contribution in [2.24, 2.45) is 23.7 Å². The maximum atomic E-state index is 13.9. The van der Waals surface area contributed by atoms with Crippen LogP contribution >= 0.6 is 0 Å². The van der Waals surface area contributed by atoms with Crippen LogP contribution in [0.5, 0.6) is 0 Å². The Balaban J connectivity index is 1.73. The standard InChI is InChI=1S/C28H34N2O4/c1-29(2)25(31)19-30-17-23(27(32)21-9-5-3-6-10-21)26(20-13-15-34-16-14-20)24(18-30)28(33)22-11-7-4-8-12-22/h3-12,20,23-24,26H,13-19H2,1-2H3/t23-,24+,26?. The van der Waals surface area contributed by atoms with Crippen LogP contribution in [0.4, 0.5) is 0 Å². The Labute approximate surface area is 201 Å². The van der Waals surface area contributed by atoms with E-state index in [9.17, 15) is 14.4 Å². The van der Waals surface area contributed by atoms with Gasteiger partial charge in [0.1, 0.15) is 0 Å². The minimum Gasteiger partial charge on any atom is -0.381 e. The van der Waals surface area contributed by atoms with Gasteiger partial charge in [-0.05, 0) is 24.7 Å². The maximum absolute atomic E-state index is 13.9. The molecule has 3 atom stereocenters. The second-order valence-corrected chi connectivity index (χ2v) is 9.68. The predicted octanol–water partition coefficient (Wildman–Crippen LogP) is 3.43. The highest BCUT2D eigenvalue weighted by Gasteiger charge is 2.47. The van der Waals surface area contributed by atoms with E-state index in [0.29, 0.717) is 37.4 Å². The second kappa shape index (κ2) is 11.1. The molecule has 2 aromatic rings. The quantitative estimate of drug-likeness (QED) is 0.590. The number of carbonyl (C=O) groups excluding carboxylic acids is 3. The fraction of sp³-hybridized carbons (Fsp3) is 0.464. The van der Waals surface area contributed by atoms with E-state index in [0.717, 1.165) is 12.8 Å². The highest BCUT2D eigenvalue weighted by molar-refractivity contribution is 6.01. The first kappa shape index (κ1) is 24.3. The van der Waals surface area contributed by atoms with E-state index in [1.807, 2.05) is 65.6 Å². The van der Waals surface area contributed by atoms with Gasteiger partial charge in [0.15, 0.2) is 11.6 Å². The Kier molecular flexibility index (Phi) is 7.91. The van der Waals surface area contributed by atoms with Crippen molar-refractivity contribution in [3.8, 4) is 0 Å². The van der Waals surface area contributed by atoms with E-state index in [4.69, 9.17) is 4.74 Å². The molecule has 2 saturated heterocycles. The van der Waals surface area contributed by atoms with Crippen LogP contribution in [0.1, 0.15) is 33.6 Å². The van der Waals surface area contributed by atoms with Gasteiger partial charge < -0.3 is 9.64 Å². The van der Waals surface area contributed by atoms with Crippen molar-refractivity contribution in [2.75, 3.05) is 46.9 Å². The molecular weight excluding hydrogens is 428 g/mol. The zero-order valence-electron chi connectivity index (χ0n) is 20.1. The number of hydrogen-bond acceptors (Lipinski definition) is 5. The molecule has 0 saturated carbocycles. The van der Waals surface area contributed by atoms with E-state index in [-0.39, 0.29) is 47.7 Å². The second-order valence-electron chi connectivity index (χ2n) is 9.68. The van der Waals surface area contributed by atoms with Crippen molar-refractivity contribution in [2.45, 2.75) is 12.8 Å². The summed E-state index contributed by atoms with van der Waals surface area (Å²) in [7, 11) is 3.46. The fourth-order valence-corrected chi connectivity index (χ4v) is 5.52. The normalized spacial score (nSPS) is 23.9. The van der Waals surface area contributed by atoms with Gasteiger partial charge in [-0.1, -0.05) is 60.7 Å². The number of Topliss-reactive ketones (excluding diaryl/α,β-unsaturated/α-hetero) is 2. The largest absolute Gasteiger partial charge is 0.381 e. The summed E-state index contributed by atoms with van der Waals surface area (Å²) in [4.78, 5) is 43.9. The van der Waals surface area contributed by atoms with Gasteiger partial charge in [-0.3, -0.25) is 19.3 Å². The smallest absolute Gasteiger partial charge is 0.236 e. The Morgan fingerprint density at radius 2 is 1.29 bits per heavy atom. The molecule has 34 heavy (non-hydrogen) atoms. The number of ketones is 2. The molecule has 1 unspecified atom stereocenters. The number of hydrogen-bond donors (Lipinski definition) is 0. The molecule has 0 aromatic heterocycles. The monoisotopic (exact) mass is 462 g/mol.